The van der Waals surface area contributed by atoms with Gasteiger partial charge in [0.15, 0.2) is 6.10 Å². The van der Waals surface area contributed by atoms with Gasteiger partial charge >= 0.3 is 6.36 Å². The monoisotopic (exact) mass is 548 g/mol. The second-order valence-corrected chi connectivity index (χ2v) is 9.02. The van der Waals surface area contributed by atoms with Gasteiger partial charge in [0.1, 0.15) is 23.5 Å². The summed E-state index contributed by atoms with van der Waals surface area (Å²) in [5.74, 6) is -0.287. The van der Waals surface area contributed by atoms with E-state index in [1.807, 2.05) is 49.4 Å². The molecule has 2 aliphatic rings. The minimum atomic E-state index is -4.75. The van der Waals surface area contributed by atoms with E-state index in [0.29, 0.717) is 0 Å². The highest BCUT2D eigenvalue weighted by Gasteiger charge is 2.47. The van der Waals surface area contributed by atoms with Crippen molar-refractivity contribution >= 4 is 6.21 Å². The fourth-order valence-electron chi connectivity index (χ4n) is 4.81. The van der Waals surface area contributed by atoms with E-state index < -0.39 is 30.4 Å². The minimum Gasteiger partial charge on any atom is -0.406 e. The highest BCUT2D eigenvalue weighted by atomic mass is 19.4. The molecule has 1 unspecified atom stereocenters. The molecule has 0 bridgehead atoms. The zero-order valence-corrected chi connectivity index (χ0v) is 21.9. The molecule has 210 valence electrons. The summed E-state index contributed by atoms with van der Waals surface area (Å²) in [6, 6.07) is 13.3. The number of nitrogens with zero attached hydrogens (tertiary/aromatic N) is 1. The number of dihydropyridines is 1. The standard InChI is InChI=1S/C28H31F3N2O6/c1-18-23(34-2)24(35-3)25(36-4)26(37-18)39-33-17-19-7-9-20(10-8-19)27(15-5-6-16-32-27)21-11-13-22(14-12-21)38-28(29,30)31/h5-18,23-26,32H,1-4H3/t18-,23-,24+,25+,26-,27?/m0/s1. The Balaban J connectivity index is 1.49. The molecule has 39 heavy (non-hydrogen) atoms. The minimum absolute atomic E-state index is 0.287. The molecule has 0 amide bonds. The van der Waals surface area contributed by atoms with Gasteiger partial charge < -0.3 is 33.8 Å². The van der Waals surface area contributed by atoms with Crippen molar-refractivity contribution in [2.24, 2.45) is 5.16 Å². The molecule has 0 aliphatic carbocycles. The van der Waals surface area contributed by atoms with Gasteiger partial charge in [-0.1, -0.05) is 53.7 Å². The van der Waals surface area contributed by atoms with Crippen LogP contribution in [-0.4, -0.2) is 64.6 Å². The van der Waals surface area contributed by atoms with Crippen LogP contribution in [0.15, 0.2) is 78.1 Å². The van der Waals surface area contributed by atoms with Crippen molar-refractivity contribution in [3.05, 3.63) is 89.6 Å². The zero-order valence-electron chi connectivity index (χ0n) is 21.9. The van der Waals surface area contributed by atoms with Crippen molar-refractivity contribution in [1.29, 1.82) is 0 Å². The second kappa shape index (κ2) is 12.2. The van der Waals surface area contributed by atoms with Crippen molar-refractivity contribution < 1.29 is 41.7 Å². The molecule has 0 radical (unpaired) electrons. The first-order valence-corrected chi connectivity index (χ1v) is 12.2. The van der Waals surface area contributed by atoms with Crippen molar-refractivity contribution in [3.63, 3.8) is 0 Å². The molecular formula is C28H31F3N2O6. The van der Waals surface area contributed by atoms with Crippen molar-refractivity contribution in [2.75, 3.05) is 21.3 Å². The molecule has 1 N–H and O–H groups in total. The molecule has 0 spiro atoms. The summed E-state index contributed by atoms with van der Waals surface area (Å²) in [5.41, 5.74) is 1.57. The topological polar surface area (TPSA) is 79.8 Å². The van der Waals surface area contributed by atoms with E-state index in [0.717, 1.165) is 16.7 Å². The maximum atomic E-state index is 12.6. The average molecular weight is 549 g/mol. The normalized spacial score (nSPS) is 28.8. The summed E-state index contributed by atoms with van der Waals surface area (Å²) >= 11 is 0. The van der Waals surface area contributed by atoms with Crippen molar-refractivity contribution in [3.8, 4) is 5.75 Å². The van der Waals surface area contributed by atoms with E-state index in [4.69, 9.17) is 23.8 Å². The molecule has 0 saturated carbocycles. The third-order valence-corrected chi connectivity index (χ3v) is 6.68. The quantitative estimate of drug-likeness (QED) is 0.361. The summed E-state index contributed by atoms with van der Waals surface area (Å²) in [5, 5.41) is 7.43. The fourth-order valence-corrected chi connectivity index (χ4v) is 4.81. The van der Waals surface area contributed by atoms with Crippen LogP contribution < -0.4 is 10.1 Å². The number of hydrogen-bond acceptors (Lipinski definition) is 8. The molecule has 6 atom stereocenters. The second-order valence-electron chi connectivity index (χ2n) is 9.02. The zero-order chi connectivity index (χ0) is 28.0. The number of oxime groups is 1. The Bertz CT molecular complexity index is 1170. The number of ether oxygens (including phenoxy) is 5. The maximum Gasteiger partial charge on any atom is 0.573 e. The molecule has 2 aliphatic heterocycles. The first kappa shape index (κ1) is 28.6. The van der Waals surface area contributed by atoms with Crippen LogP contribution in [0.5, 0.6) is 5.75 Å². The van der Waals surface area contributed by atoms with Crippen LogP contribution in [0, 0.1) is 0 Å². The van der Waals surface area contributed by atoms with Gasteiger partial charge in [-0.15, -0.1) is 13.2 Å². The third-order valence-electron chi connectivity index (χ3n) is 6.68. The molecule has 1 fully saturated rings. The molecule has 8 nitrogen and oxygen atoms in total. The third kappa shape index (κ3) is 6.44. The van der Waals surface area contributed by atoms with Gasteiger partial charge in [0.2, 0.25) is 0 Å². The maximum absolute atomic E-state index is 12.6. The molecule has 2 aromatic carbocycles. The van der Waals surface area contributed by atoms with Gasteiger partial charge in [0.25, 0.3) is 6.29 Å². The van der Waals surface area contributed by atoms with Gasteiger partial charge in [0.05, 0.1) is 12.3 Å². The first-order valence-electron chi connectivity index (χ1n) is 12.2. The van der Waals surface area contributed by atoms with Crippen LogP contribution in [0.1, 0.15) is 23.6 Å². The lowest BCUT2D eigenvalue weighted by Gasteiger charge is -2.42. The summed E-state index contributed by atoms with van der Waals surface area (Å²) in [6.07, 6.45) is 1.83. The van der Waals surface area contributed by atoms with Gasteiger partial charge in [-0.25, -0.2) is 0 Å². The average Bonchev–Trinajstić information content (AvgIpc) is 2.93. The molecular weight excluding hydrogens is 517 g/mol. The van der Waals surface area contributed by atoms with Crippen LogP contribution in [0.2, 0.25) is 0 Å². The fraction of sp³-hybridized carbons (Fsp3) is 0.393. The molecule has 2 aromatic rings. The Labute approximate surface area is 225 Å². The SMILES string of the molecule is CO[C@@H]1[C@@H](OC)[C@H](C)O[C@@H](ON=Cc2ccc(C3(c4ccc(OC(F)(F)F)cc4)C=CC=CN3)cc2)[C@@H]1OC. The lowest BCUT2D eigenvalue weighted by molar-refractivity contribution is -0.305. The number of hydrogen-bond donors (Lipinski definition) is 1. The van der Waals surface area contributed by atoms with E-state index in [1.54, 1.807) is 38.8 Å². The van der Waals surface area contributed by atoms with Gasteiger partial charge in [-0.3, -0.25) is 0 Å². The molecule has 4 rings (SSSR count). The van der Waals surface area contributed by atoms with Crippen LogP contribution in [0.25, 0.3) is 0 Å². The van der Waals surface area contributed by atoms with Gasteiger partial charge in [-0.2, -0.15) is 0 Å². The van der Waals surface area contributed by atoms with Crippen LogP contribution in [0.4, 0.5) is 13.2 Å². The number of halogens is 3. The van der Waals surface area contributed by atoms with E-state index in [2.05, 4.69) is 15.2 Å². The van der Waals surface area contributed by atoms with Crippen LogP contribution in [-0.2, 0) is 29.3 Å². The Morgan fingerprint density at radius 2 is 1.49 bits per heavy atom. The summed E-state index contributed by atoms with van der Waals surface area (Å²) in [4.78, 5) is 5.63. The van der Waals surface area contributed by atoms with E-state index in [9.17, 15) is 13.2 Å². The number of benzene rings is 2. The predicted octanol–water partition coefficient (Wildman–Crippen LogP) is 4.64. The van der Waals surface area contributed by atoms with Crippen molar-refractivity contribution in [2.45, 2.75) is 49.5 Å². The molecule has 2 heterocycles. The largest absolute Gasteiger partial charge is 0.573 e. The van der Waals surface area contributed by atoms with Gasteiger partial charge in [0, 0.05) is 21.3 Å². The van der Waals surface area contributed by atoms with Gasteiger partial charge in [-0.05, 0) is 48.0 Å². The predicted molar refractivity (Wildman–Crippen MR) is 137 cm³/mol. The lowest BCUT2D eigenvalue weighted by atomic mass is 9.81. The Morgan fingerprint density at radius 1 is 0.872 bits per heavy atom. The summed E-state index contributed by atoms with van der Waals surface area (Å²) in [7, 11) is 4.70. The number of rotatable bonds is 9. The van der Waals surface area contributed by atoms with Crippen LogP contribution in [0.3, 0.4) is 0 Å². The Morgan fingerprint density at radius 3 is 2.03 bits per heavy atom. The summed E-state index contributed by atoms with van der Waals surface area (Å²) in [6.45, 7) is 1.86. The highest BCUT2D eigenvalue weighted by Crippen LogP contribution is 2.35. The molecule has 0 aromatic heterocycles. The number of alkyl halides is 3. The molecule has 1 saturated heterocycles. The molecule has 11 heteroatoms. The van der Waals surface area contributed by atoms with Crippen molar-refractivity contribution in [1.82, 2.24) is 5.32 Å². The summed E-state index contributed by atoms with van der Waals surface area (Å²) < 4.78 is 64.3. The Hall–Kier alpha value is -3.38. The smallest absolute Gasteiger partial charge is 0.406 e. The van der Waals surface area contributed by atoms with E-state index in [1.165, 1.54) is 19.2 Å². The highest BCUT2D eigenvalue weighted by molar-refractivity contribution is 5.79. The number of methoxy groups -OCH3 is 3. The Kier molecular flexibility index (Phi) is 8.96. The van der Waals surface area contributed by atoms with E-state index in [-0.39, 0.29) is 18.0 Å². The first-order chi connectivity index (χ1) is 18.7. The van der Waals surface area contributed by atoms with E-state index >= 15 is 0 Å². The number of nitrogens with one attached hydrogen (secondary N) is 1. The lowest BCUT2D eigenvalue weighted by Crippen LogP contribution is -2.59. The van der Waals surface area contributed by atoms with Crippen LogP contribution >= 0.6 is 0 Å². The number of allylic oxidation sites excluding steroid dienone is 2.